The molecule has 2 aliphatic heterocycles. The number of nitrogens with zero attached hydrogens (tertiary/aromatic N) is 1. The second-order valence-electron chi connectivity index (χ2n) is 10.1. The zero-order valence-corrected chi connectivity index (χ0v) is 16.6. The first-order valence-corrected chi connectivity index (χ1v) is 11.6. The smallest absolute Gasteiger partial charge is 0.0706 e. The van der Waals surface area contributed by atoms with Crippen molar-refractivity contribution in [2.24, 2.45) is 17.8 Å². The fourth-order valence-corrected chi connectivity index (χ4v) is 7.23. The zero-order valence-electron chi connectivity index (χ0n) is 16.6. The first-order valence-electron chi connectivity index (χ1n) is 11.6. The van der Waals surface area contributed by atoms with Gasteiger partial charge in [0.25, 0.3) is 0 Å². The Kier molecular flexibility index (Phi) is 5.77. The molecule has 0 radical (unpaired) electrons. The highest BCUT2D eigenvalue weighted by atomic mass is 16.3. The fourth-order valence-electron chi connectivity index (χ4n) is 7.23. The molecule has 2 bridgehead atoms. The highest BCUT2D eigenvalue weighted by molar-refractivity contribution is 4.99. The van der Waals surface area contributed by atoms with E-state index in [1.54, 1.807) is 0 Å². The summed E-state index contributed by atoms with van der Waals surface area (Å²) in [6, 6.07) is 1.61. The van der Waals surface area contributed by atoms with E-state index in [1.807, 2.05) is 0 Å². The SMILES string of the molecule is CN1C2CCCC1CC(CC(O)(C1CCCCC1)C1CCCCC1)C2. The lowest BCUT2D eigenvalue weighted by molar-refractivity contribution is -0.117. The van der Waals surface area contributed by atoms with Gasteiger partial charge in [0.15, 0.2) is 0 Å². The van der Waals surface area contributed by atoms with Gasteiger partial charge in [-0.1, -0.05) is 44.9 Å². The lowest BCUT2D eigenvalue weighted by atomic mass is 9.61. The van der Waals surface area contributed by atoms with E-state index in [-0.39, 0.29) is 5.60 Å². The molecular weight excluding hydrogens is 306 g/mol. The third-order valence-electron chi connectivity index (χ3n) is 8.68. The monoisotopic (exact) mass is 347 g/mol. The molecule has 0 spiro atoms. The molecule has 1 N–H and O–H groups in total. The van der Waals surface area contributed by atoms with Gasteiger partial charge < -0.3 is 10.0 Å². The Hall–Kier alpha value is -0.0800. The van der Waals surface area contributed by atoms with Gasteiger partial charge in [0, 0.05) is 12.1 Å². The number of piperidine rings is 2. The minimum Gasteiger partial charge on any atom is -0.389 e. The summed E-state index contributed by atoms with van der Waals surface area (Å²) in [7, 11) is 2.36. The largest absolute Gasteiger partial charge is 0.389 e. The summed E-state index contributed by atoms with van der Waals surface area (Å²) in [6.45, 7) is 0. The summed E-state index contributed by atoms with van der Waals surface area (Å²) in [5.41, 5.74) is -0.338. The zero-order chi connectivity index (χ0) is 17.3. The molecule has 2 saturated heterocycles. The van der Waals surface area contributed by atoms with Gasteiger partial charge in [-0.3, -0.25) is 0 Å². The van der Waals surface area contributed by atoms with Gasteiger partial charge in [0.05, 0.1) is 5.60 Å². The van der Waals surface area contributed by atoms with Crippen LogP contribution in [-0.2, 0) is 0 Å². The Morgan fingerprint density at radius 1 is 0.720 bits per heavy atom. The van der Waals surface area contributed by atoms with E-state index in [2.05, 4.69) is 11.9 Å². The van der Waals surface area contributed by atoms with E-state index >= 15 is 0 Å². The number of fused-ring (bicyclic) bond motifs is 2. The summed E-state index contributed by atoms with van der Waals surface area (Å²) < 4.78 is 0. The standard InChI is InChI=1S/C23H41NO/c1-24-21-13-8-14-22(24)16-18(15-21)17-23(25,19-9-4-2-5-10-19)20-11-6-3-7-12-20/h18-22,25H,2-17H2,1H3. The van der Waals surface area contributed by atoms with Crippen molar-refractivity contribution in [3.63, 3.8) is 0 Å². The van der Waals surface area contributed by atoms with Crippen molar-refractivity contribution in [2.45, 2.75) is 120 Å². The Labute approximate surface area is 155 Å². The van der Waals surface area contributed by atoms with Crippen LogP contribution in [0.3, 0.4) is 0 Å². The summed E-state index contributed by atoms with van der Waals surface area (Å²) in [6.07, 6.45) is 21.5. The first kappa shape index (κ1) is 18.3. The van der Waals surface area contributed by atoms with Gasteiger partial charge in [-0.05, 0) is 82.6 Å². The second-order valence-corrected chi connectivity index (χ2v) is 10.1. The van der Waals surface area contributed by atoms with Crippen LogP contribution in [0.2, 0.25) is 0 Å². The van der Waals surface area contributed by atoms with Crippen molar-refractivity contribution in [1.82, 2.24) is 4.90 Å². The normalized spacial score (nSPS) is 36.5. The summed E-state index contributed by atoms with van der Waals surface area (Å²) in [4.78, 5) is 2.68. The molecule has 0 aromatic heterocycles. The summed E-state index contributed by atoms with van der Waals surface area (Å²) in [5, 5.41) is 12.1. The lowest BCUT2D eigenvalue weighted by Gasteiger charge is -2.51. The highest BCUT2D eigenvalue weighted by Gasteiger charge is 2.47. The van der Waals surface area contributed by atoms with Gasteiger partial charge in [-0.15, -0.1) is 0 Å². The van der Waals surface area contributed by atoms with Crippen LogP contribution < -0.4 is 0 Å². The molecule has 2 nitrogen and oxygen atoms in total. The molecule has 144 valence electrons. The molecule has 4 fully saturated rings. The quantitative estimate of drug-likeness (QED) is 0.722. The van der Waals surface area contributed by atoms with Gasteiger partial charge in [0.1, 0.15) is 0 Å². The van der Waals surface area contributed by atoms with E-state index in [0.717, 1.165) is 24.4 Å². The second kappa shape index (κ2) is 7.89. The van der Waals surface area contributed by atoms with E-state index in [4.69, 9.17) is 0 Å². The molecule has 2 atom stereocenters. The van der Waals surface area contributed by atoms with E-state index in [0.29, 0.717) is 11.8 Å². The van der Waals surface area contributed by atoms with Crippen LogP contribution in [-0.4, -0.2) is 34.7 Å². The first-order chi connectivity index (χ1) is 12.2. The summed E-state index contributed by atoms with van der Waals surface area (Å²) in [5.74, 6) is 1.98. The topological polar surface area (TPSA) is 23.5 Å². The van der Waals surface area contributed by atoms with E-state index in [1.165, 1.54) is 96.3 Å². The van der Waals surface area contributed by atoms with Crippen molar-refractivity contribution in [3.05, 3.63) is 0 Å². The maximum absolute atomic E-state index is 12.1. The Balaban J connectivity index is 1.49. The number of hydrogen-bond acceptors (Lipinski definition) is 2. The minimum absolute atomic E-state index is 0.338. The molecule has 2 saturated carbocycles. The van der Waals surface area contributed by atoms with Crippen LogP contribution in [0.5, 0.6) is 0 Å². The van der Waals surface area contributed by atoms with E-state index < -0.39 is 0 Å². The molecule has 0 aromatic rings. The molecule has 2 aliphatic carbocycles. The summed E-state index contributed by atoms with van der Waals surface area (Å²) >= 11 is 0. The van der Waals surface area contributed by atoms with Crippen LogP contribution in [0.25, 0.3) is 0 Å². The molecule has 0 amide bonds. The van der Waals surface area contributed by atoms with Gasteiger partial charge in [-0.2, -0.15) is 0 Å². The van der Waals surface area contributed by atoms with Crippen LogP contribution in [0.15, 0.2) is 0 Å². The maximum atomic E-state index is 12.1. The molecule has 4 rings (SSSR count). The predicted molar refractivity (Wildman–Crippen MR) is 105 cm³/mol. The fraction of sp³-hybridized carbons (Fsp3) is 1.00. The van der Waals surface area contributed by atoms with Crippen molar-refractivity contribution in [2.75, 3.05) is 7.05 Å². The molecule has 2 heterocycles. The Morgan fingerprint density at radius 2 is 1.20 bits per heavy atom. The number of hydrogen-bond donors (Lipinski definition) is 1. The van der Waals surface area contributed by atoms with Crippen molar-refractivity contribution in [3.8, 4) is 0 Å². The van der Waals surface area contributed by atoms with Crippen LogP contribution in [0.4, 0.5) is 0 Å². The number of aliphatic hydroxyl groups is 1. The average molecular weight is 348 g/mol. The van der Waals surface area contributed by atoms with Gasteiger partial charge >= 0.3 is 0 Å². The highest BCUT2D eigenvalue weighted by Crippen LogP contribution is 2.48. The Bertz CT molecular complexity index is 392. The molecule has 0 aromatic carbocycles. The molecule has 2 heteroatoms. The molecular formula is C23H41NO. The van der Waals surface area contributed by atoms with Crippen molar-refractivity contribution >= 4 is 0 Å². The molecule has 4 aliphatic rings. The third kappa shape index (κ3) is 3.81. The Morgan fingerprint density at radius 3 is 1.68 bits per heavy atom. The van der Waals surface area contributed by atoms with E-state index in [9.17, 15) is 5.11 Å². The minimum atomic E-state index is -0.338. The van der Waals surface area contributed by atoms with Crippen LogP contribution >= 0.6 is 0 Å². The number of rotatable bonds is 4. The van der Waals surface area contributed by atoms with Crippen LogP contribution in [0.1, 0.15) is 103 Å². The maximum Gasteiger partial charge on any atom is 0.0706 e. The third-order valence-corrected chi connectivity index (χ3v) is 8.68. The molecule has 25 heavy (non-hydrogen) atoms. The molecule has 2 unspecified atom stereocenters. The predicted octanol–water partition coefficient (Wildman–Crippen LogP) is 5.53. The van der Waals surface area contributed by atoms with Gasteiger partial charge in [-0.25, -0.2) is 0 Å². The van der Waals surface area contributed by atoms with Crippen LogP contribution in [0, 0.1) is 17.8 Å². The van der Waals surface area contributed by atoms with Gasteiger partial charge in [0.2, 0.25) is 0 Å². The average Bonchev–Trinajstić information content (AvgIpc) is 2.64. The van der Waals surface area contributed by atoms with Crippen molar-refractivity contribution < 1.29 is 5.11 Å². The van der Waals surface area contributed by atoms with Crippen molar-refractivity contribution in [1.29, 1.82) is 0 Å². The lowest BCUT2D eigenvalue weighted by Crippen LogP contribution is -2.53.